The van der Waals surface area contributed by atoms with Gasteiger partial charge in [0.1, 0.15) is 0 Å². The SMILES string of the molecule is C=C(C#N)CCC(=C)C#N. The molecule has 0 saturated heterocycles. The first-order chi connectivity index (χ1) is 4.70. The fourth-order valence-corrected chi connectivity index (χ4v) is 0.414. The quantitative estimate of drug-likeness (QED) is 0.551. The molecule has 0 aromatic rings. The molecule has 0 spiro atoms. The van der Waals surface area contributed by atoms with Crippen molar-refractivity contribution in [3.8, 4) is 12.1 Å². The predicted molar refractivity (Wildman–Crippen MR) is 38.7 cm³/mol. The first-order valence-corrected chi connectivity index (χ1v) is 2.86. The van der Waals surface area contributed by atoms with E-state index in [0.29, 0.717) is 24.0 Å². The Morgan fingerprint density at radius 3 is 1.50 bits per heavy atom. The Labute approximate surface area is 60.7 Å². The fourth-order valence-electron chi connectivity index (χ4n) is 0.414. The molecule has 0 aromatic carbocycles. The normalized spacial score (nSPS) is 7.40. The van der Waals surface area contributed by atoms with Crippen molar-refractivity contribution in [3.63, 3.8) is 0 Å². The minimum atomic E-state index is 0.497. The zero-order valence-electron chi connectivity index (χ0n) is 5.72. The number of nitrogens with zero attached hydrogens (tertiary/aromatic N) is 2. The molecule has 10 heavy (non-hydrogen) atoms. The van der Waals surface area contributed by atoms with Crippen LogP contribution in [-0.2, 0) is 0 Å². The molecule has 0 bridgehead atoms. The summed E-state index contributed by atoms with van der Waals surface area (Å²) in [7, 11) is 0. The molecule has 0 amide bonds. The molecule has 50 valence electrons. The Morgan fingerprint density at radius 1 is 1.00 bits per heavy atom. The lowest BCUT2D eigenvalue weighted by atomic mass is 10.1. The summed E-state index contributed by atoms with van der Waals surface area (Å²) in [5.41, 5.74) is 0.993. The van der Waals surface area contributed by atoms with Gasteiger partial charge < -0.3 is 0 Å². The highest BCUT2D eigenvalue weighted by Crippen LogP contribution is 2.06. The molecule has 0 radical (unpaired) electrons. The first kappa shape index (κ1) is 8.46. The summed E-state index contributed by atoms with van der Waals surface area (Å²) in [6.07, 6.45) is 1.09. The lowest BCUT2D eigenvalue weighted by molar-refractivity contribution is 0.984. The first-order valence-electron chi connectivity index (χ1n) is 2.86. The molecule has 0 aromatic heterocycles. The van der Waals surface area contributed by atoms with Crippen LogP contribution in [0.4, 0.5) is 0 Å². The second-order valence-corrected chi connectivity index (χ2v) is 1.93. The van der Waals surface area contributed by atoms with E-state index in [2.05, 4.69) is 13.2 Å². The number of hydrogen-bond acceptors (Lipinski definition) is 2. The van der Waals surface area contributed by atoms with Gasteiger partial charge in [-0.15, -0.1) is 0 Å². The average molecular weight is 132 g/mol. The van der Waals surface area contributed by atoms with Crippen LogP contribution < -0.4 is 0 Å². The van der Waals surface area contributed by atoms with Gasteiger partial charge in [-0.3, -0.25) is 0 Å². The Morgan fingerprint density at radius 2 is 1.30 bits per heavy atom. The number of rotatable bonds is 3. The van der Waals surface area contributed by atoms with E-state index in [9.17, 15) is 0 Å². The highest BCUT2D eigenvalue weighted by atomic mass is 14.2. The van der Waals surface area contributed by atoms with Crippen LogP contribution in [0.5, 0.6) is 0 Å². The lowest BCUT2D eigenvalue weighted by Gasteiger charge is -1.91. The Bertz CT molecular complexity index is 199. The molecular weight excluding hydrogens is 124 g/mol. The van der Waals surface area contributed by atoms with E-state index >= 15 is 0 Å². The van der Waals surface area contributed by atoms with Gasteiger partial charge in [0.2, 0.25) is 0 Å². The molecule has 0 atom stereocenters. The summed E-state index contributed by atoms with van der Waals surface area (Å²) in [4.78, 5) is 0. The van der Waals surface area contributed by atoms with Gasteiger partial charge in [0.05, 0.1) is 12.1 Å². The third-order valence-electron chi connectivity index (χ3n) is 1.04. The van der Waals surface area contributed by atoms with Crippen LogP contribution in [-0.4, -0.2) is 0 Å². The predicted octanol–water partition coefficient (Wildman–Crippen LogP) is 1.93. The molecular formula is C8H8N2. The third-order valence-corrected chi connectivity index (χ3v) is 1.04. The smallest absolute Gasteiger partial charge is 0.0940 e. The molecule has 2 heteroatoms. The second kappa shape index (κ2) is 4.35. The highest BCUT2D eigenvalue weighted by Gasteiger charge is 1.93. The van der Waals surface area contributed by atoms with Crippen molar-refractivity contribution in [1.29, 1.82) is 10.5 Å². The summed E-state index contributed by atoms with van der Waals surface area (Å²) in [5.74, 6) is 0. The van der Waals surface area contributed by atoms with Gasteiger partial charge in [0.15, 0.2) is 0 Å². The van der Waals surface area contributed by atoms with Crippen LogP contribution in [0.3, 0.4) is 0 Å². The molecule has 0 aliphatic carbocycles. The van der Waals surface area contributed by atoms with Crippen LogP contribution in [0.25, 0.3) is 0 Å². The summed E-state index contributed by atoms with van der Waals surface area (Å²) >= 11 is 0. The maximum absolute atomic E-state index is 8.26. The lowest BCUT2D eigenvalue weighted by Crippen LogP contribution is -1.79. The van der Waals surface area contributed by atoms with Crippen molar-refractivity contribution < 1.29 is 0 Å². The summed E-state index contributed by atoms with van der Waals surface area (Å²) in [6, 6.07) is 3.80. The molecule has 0 rings (SSSR count). The van der Waals surface area contributed by atoms with Crippen LogP contribution in [0.2, 0.25) is 0 Å². The molecule has 0 fully saturated rings. The van der Waals surface area contributed by atoms with Gasteiger partial charge in [-0.1, -0.05) is 13.2 Å². The van der Waals surface area contributed by atoms with E-state index in [-0.39, 0.29) is 0 Å². The molecule has 0 heterocycles. The maximum Gasteiger partial charge on any atom is 0.0940 e. The Hall–Kier alpha value is -1.54. The van der Waals surface area contributed by atoms with Crippen molar-refractivity contribution in [3.05, 3.63) is 24.3 Å². The summed E-state index contributed by atoms with van der Waals surface area (Å²) in [5, 5.41) is 16.5. The van der Waals surface area contributed by atoms with Crippen LogP contribution in [0.15, 0.2) is 24.3 Å². The Kier molecular flexibility index (Phi) is 3.68. The van der Waals surface area contributed by atoms with Crippen LogP contribution in [0, 0.1) is 22.7 Å². The molecule has 2 nitrogen and oxygen atoms in total. The van der Waals surface area contributed by atoms with E-state index in [0.717, 1.165) is 0 Å². The van der Waals surface area contributed by atoms with Gasteiger partial charge in [-0.05, 0) is 12.8 Å². The van der Waals surface area contributed by atoms with E-state index in [4.69, 9.17) is 10.5 Å². The standard InChI is InChI=1S/C8H8N2/c1-7(5-9)3-4-8(2)6-10/h1-4H2. The summed E-state index contributed by atoms with van der Waals surface area (Å²) < 4.78 is 0. The monoisotopic (exact) mass is 132 g/mol. The van der Waals surface area contributed by atoms with Crippen molar-refractivity contribution in [2.24, 2.45) is 0 Å². The van der Waals surface area contributed by atoms with Crippen molar-refractivity contribution in [2.75, 3.05) is 0 Å². The van der Waals surface area contributed by atoms with Gasteiger partial charge in [-0.25, -0.2) is 0 Å². The van der Waals surface area contributed by atoms with Gasteiger partial charge in [0, 0.05) is 11.1 Å². The average Bonchev–Trinajstić information content (AvgIpc) is 1.99. The number of hydrogen-bond donors (Lipinski definition) is 0. The molecule has 0 unspecified atom stereocenters. The van der Waals surface area contributed by atoms with Gasteiger partial charge >= 0.3 is 0 Å². The van der Waals surface area contributed by atoms with Gasteiger partial charge in [0.25, 0.3) is 0 Å². The minimum Gasteiger partial charge on any atom is -0.193 e. The van der Waals surface area contributed by atoms with E-state index in [1.54, 1.807) is 0 Å². The van der Waals surface area contributed by atoms with Gasteiger partial charge in [-0.2, -0.15) is 10.5 Å². The minimum absolute atomic E-state index is 0.497. The Balaban J connectivity index is 3.61. The van der Waals surface area contributed by atoms with E-state index in [1.165, 1.54) is 0 Å². The topological polar surface area (TPSA) is 47.6 Å². The van der Waals surface area contributed by atoms with Crippen molar-refractivity contribution in [1.82, 2.24) is 0 Å². The largest absolute Gasteiger partial charge is 0.193 e. The molecule has 0 aliphatic heterocycles. The highest BCUT2D eigenvalue weighted by molar-refractivity contribution is 5.21. The summed E-state index contributed by atoms with van der Waals surface area (Å²) in [6.45, 7) is 6.94. The molecule has 0 aliphatic rings. The third kappa shape index (κ3) is 3.46. The van der Waals surface area contributed by atoms with Crippen molar-refractivity contribution in [2.45, 2.75) is 12.8 Å². The number of nitriles is 2. The zero-order valence-corrected chi connectivity index (χ0v) is 5.72. The maximum atomic E-state index is 8.26. The van der Waals surface area contributed by atoms with Crippen molar-refractivity contribution >= 4 is 0 Å². The second-order valence-electron chi connectivity index (χ2n) is 1.93. The van der Waals surface area contributed by atoms with E-state index < -0.39 is 0 Å². The zero-order chi connectivity index (χ0) is 7.98. The van der Waals surface area contributed by atoms with Crippen LogP contribution in [0.1, 0.15) is 12.8 Å². The van der Waals surface area contributed by atoms with E-state index in [1.807, 2.05) is 12.1 Å². The fraction of sp³-hybridized carbons (Fsp3) is 0.250. The molecule has 0 N–H and O–H groups in total. The van der Waals surface area contributed by atoms with Crippen LogP contribution >= 0.6 is 0 Å². The molecule has 0 saturated carbocycles. The number of allylic oxidation sites excluding steroid dienone is 2.